The van der Waals surface area contributed by atoms with Gasteiger partial charge in [-0.25, -0.2) is 27.8 Å². The molecule has 9 nitrogen and oxygen atoms in total. The number of thiazole rings is 1. The molecule has 5 unspecified atom stereocenters. The van der Waals surface area contributed by atoms with Gasteiger partial charge in [0.15, 0.2) is 23.3 Å². The Morgan fingerprint density at radius 2 is 2.02 bits per heavy atom. The standard InChI is InChI=1S/C26H22ClF3N6O3S/c1-10-33-26(36(35-10)13-5-16(28)21-18(6-13)40-11(2)34-21)25-23(37)22(24-17(39-25)9-38-24)32-8-12(7-31)14-3-4-15(27)20(30)19(14)29/h3-8,17,22-25,37H,9,31H2,1-2H3. The lowest BCUT2D eigenvalue weighted by atomic mass is 9.89. The number of nitrogens with two attached hydrogens (primary N) is 1. The summed E-state index contributed by atoms with van der Waals surface area (Å²) in [5.41, 5.74) is 6.27. The van der Waals surface area contributed by atoms with E-state index in [0.29, 0.717) is 16.2 Å². The number of aryl methyl sites for hydroxylation is 2. The lowest BCUT2D eigenvalue weighted by Crippen LogP contribution is -2.62. The van der Waals surface area contributed by atoms with Crippen molar-refractivity contribution in [3.05, 3.63) is 75.2 Å². The van der Waals surface area contributed by atoms with E-state index in [9.17, 15) is 18.3 Å². The monoisotopic (exact) mass is 590 g/mol. The molecule has 4 heterocycles. The zero-order chi connectivity index (χ0) is 28.3. The second-order valence-corrected chi connectivity index (χ2v) is 11.1. The normalized spacial score (nSPS) is 25.0. The van der Waals surface area contributed by atoms with Crippen molar-refractivity contribution in [2.75, 3.05) is 6.61 Å². The van der Waals surface area contributed by atoms with Gasteiger partial charge in [0.2, 0.25) is 0 Å². The highest BCUT2D eigenvalue weighted by Crippen LogP contribution is 2.40. The van der Waals surface area contributed by atoms with Crippen molar-refractivity contribution in [1.29, 1.82) is 0 Å². The van der Waals surface area contributed by atoms with Gasteiger partial charge in [-0.1, -0.05) is 11.6 Å². The van der Waals surface area contributed by atoms with Crippen LogP contribution in [0.3, 0.4) is 0 Å². The minimum atomic E-state index is -1.29. The molecule has 40 heavy (non-hydrogen) atoms. The van der Waals surface area contributed by atoms with Crippen molar-refractivity contribution in [3.63, 3.8) is 0 Å². The summed E-state index contributed by atoms with van der Waals surface area (Å²) in [7, 11) is 0. The van der Waals surface area contributed by atoms with Crippen LogP contribution in [0, 0.1) is 31.3 Å². The van der Waals surface area contributed by atoms with Gasteiger partial charge < -0.3 is 20.3 Å². The third-order valence-electron chi connectivity index (χ3n) is 6.83. The molecule has 2 saturated heterocycles. The molecule has 4 aromatic rings. The molecule has 2 aliphatic heterocycles. The highest BCUT2D eigenvalue weighted by atomic mass is 35.5. The summed E-state index contributed by atoms with van der Waals surface area (Å²) in [4.78, 5) is 13.2. The van der Waals surface area contributed by atoms with Gasteiger partial charge in [-0.3, -0.25) is 4.99 Å². The van der Waals surface area contributed by atoms with E-state index in [0.717, 1.165) is 11.2 Å². The molecule has 0 aliphatic carbocycles. The first-order valence-electron chi connectivity index (χ1n) is 12.2. The second-order valence-electron chi connectivity index (χ2n) is 9.43. The van der Waals surface area contributed by atoms with Crippen molar-refractivity contribution in [2.45, 2.75) is 44.3 Å². The maximum Gasteiger partial charge on any atom is 0.178 e. The number of hydrogen-bond acceptors (Lipinski definition) is 9. The van der Waals surface area contributed by atoms with Crippen LogP contribution in [0.1, 0.15) is 28.3 Å². The first-order chi connectivity index (χ1) is 19.2. The Morgan fingerprint density at radius 3 is 2.75 bits per heavy atom. The Kier molecular flexibility index (Phi) is 6.87. The molecule has 0 amide bonds. The molecule has 0 radical (unpaired) electrons. The quantitative estimate of drug-likeness (QED) is 0.264. The molecule has 2 aliphatic rings. The average molecular weight is 591 g/mol. The highest BCUT2D eigenvalue weighted by molar-refractivity contribution is 7.18. The van der Waals surface area contributed by atoms with Crippen molar-refractivity contribution >= 4 is 44.9 Å². The molecular weight excluding hydrogens is 569 g/mol. The molecule has 2 aromatic carbocycles. The van der Waals surface area contributed by atoms with Gasteiger partial charge in [0, 0.05) is 29.6 Å². The summed E-state index contributed by atoms with van der Waals surface area (Å²) < 4.78 is 57.3. The van der Waals surface area contributed by atoms with Crippen LogP contribution >= 0.6 is 22.9 Å². The molecule has 0 saturated carbocycles. The Labute approximate surface area is 234 Å². The van der Waals surface area contributed by atoms with Gasteiger partial charge >= 0.3 is 0 Å². The highest BCUT2D eigenvalue weighted by Gasteiger charge is 2.52. The summed E-state index contributed by atoms with van der Waals surface area (Å²) in [5, 5.41) is 16.2. The van der Waals surface area contributed by atoms with Crippen LogP contribution in [-0.4, -0.2) is 62.0 Å². The number of aliphatic hydroxyl groups excluding tert-OH is 1. The lowest BCUT2D eigenvalue weighted by molar-refractivity contribution is -0.273. The SMILES string of the molecule is Cc1nc(C2OC3COC3C(N=CC(=CN)c3ccc(Cl)c(F)c3F)C2O)n(-c2cc(F)c3nc(C)sc3c2)n1. The van der Waals surface area contributed by atoms with Crippen LogP contribution in [0.15, 0.2) is 35.5 Å². The number of nitrogens with zero attached hydrogens (tertiary/aromatic N) is 5. The summed E-state index contributed by atoms with van der Waals surface area (Å²) >= 11 is 7.01. The van der Waals surface area contributed by atoms with Gasteiger partial charge in [-0.15, -0.1) is 11.3 Å². The van der Waals surface area contributed by atoms with Crippen LogP contribution in [0.4, 0.5) is 13.2 Å². The van der Waals surface area contributed by atoms with Crippen molar-refractivity contribution in [3.8, 4) is 5.69 Å². The Bertz CT molecular complexity index is 1690. The molecule has 6 rings (SSSR count). The van der Waals surface area contributed by atoms with E-state index in [1.165, 1.54) is 40.4 Å². The van der Waals surface area contributed by atoms with E-state index < -0.39 is 47.9 Å². The predicted octanol–water partition coefficient (Wildman–Crippen LogP) is 4.20. The number of hydrogen-bond donors (Lipinski definition) is 2. The van der Waals surface area contributed by atoms with Gasteiger partial charge in [-0.2, -0.15) is 5.10 Å². The molecule has 208 valence electrons. The Morgan fingerprint density at radius 1 is 1.23 bits per heavy atom. The van der Waals surface area contributed by atoms with Crippen molar-refractivity contribution in [1.82, 2.24) is 19.7 Å². The fourth-order valence-electron chi connectivity index (χ4n) is 4.88. The van der Waals surface area contributed by atoms with Crippen LogP contribution < -0.4 is 5.73 Å². The molecule has 0 spiro atoms. The third-order valence-corrected chi connectivity index (χ3v) is 8.04. The molecule has 2 aromatic heterocycles. The fourth-order valence-corrected chi connectivity index (χ4v) is 5.90. The number of benzene rings is 2. The van der Waals surface area contributed by atoms with E-state index in [4.69, 9.17) is 26.8 Å². The van der Waals surface area contributed by atoms with Crippen molar-refractivity contribution in [2.24, 2.45) is 10.7 Å². The second kappa shape index (κ2) is 10.2. The van der Waals surface area contributed by atoms with Crippen molar-refractivity contribution < 1.29 is 27.8 Å². The number of aliphatic hydroxyl groups is 1. The molecule has 5 atom stereocenters. The maximum atomic E-state index is 14.9. The number of allylic oxidation sites excluding steroid dienone is 1. The molecule has 2 fully saturated rings. The number of ether oxygens (including phenoxy) is 2. The summed E-state index contributed by atoms with van der Waals surface area (Å²) in [6.45, 7) is 3.72. The Hall–Kier alpha value is -3.36. The third kappa shape index (κ3) is 4.47. The van der Waals surface area contributed by atoms with Gasteiger partial charge in [0.05, 0.1) is 27.0 Å². The largest absolute Gasteiger partial charge is 0.404 e. The summed E-state index contributed by atoms with van der Waals surface area (Å²) in [6, 6.07) is 4.67. The maximum absolute atomic E-state index is 14.9. The molecule has 14 heteroatoms. The van der Waals surface area contributed by atoms with E-state index in [1.54, 1.807) is 19.9 Å². The first-order valence-corrected chi connectivity index (χ1v) is 13.4. The van der Waals surface area contributed by atoms with Gasteiger partial charge in [0.25, 0.3) is 0 Å². The number of fused-ring (bicyclic) bond motifs is 2. The average Bonchev–Trinajstić information content (AvgIpc) is 3.48. The minimum absolute atomic E-state index is 0.0711. The number of rotatable bonds is 5. The fraction of sp³-hybridized carbons (Fsp3) is 0.308. The van der Waals surface area contributed by atoms with Crippen LogP contribution in [-0.2, 0) is 9.47 Å². The van der Waals surface area contributed by atoms with E-state index in [2.05, 4.69) is 20.1 Å². The number of halogens is 4. The summed E-state index contributed by atoms with van der Waals surface area (Å²) in [6.07, 6.45) is -1.01. The zero-order valence-electron chi connectivity index (χ0n) is 21.1. The molecular formula is C26H22ClF3N6O3S. The van der Waals surface area contributed by atoms with Crippen LogP contribution in [0.5, 0.6) is 0 Å². The minimum Gasteiger partial charge on any atom is -0.404 e. The first kappa shape index (κ1) is 26.8. The lowest BCUT2D eigenvalue weighted by Gasteiger charge is -2.48. The van der Waals surface area contributed by atoms with E-state index >= 15 is 0 Å². The smallest absolute Gasteiger partial charge is 0.178 e. The van der Waals surface area contributed by atoms with Crippen LogP contribution in [0.25, 0.3) is 21.5 Å². The molecule has 0 bridgehead atoms. The number of aliphatic imine (C=N–C) groups is 1. The molecule has 3 N–H and O–H groups in total. The van der Waals surface area contributed by atoms with E-state index in [-0.39, 0.29) is 34.1 Å². The summed E-state index contributed by atoms with van der Waals surface area (Å²) in [5.74, 6) is -2.27. The van der Waals surface area contributed by atoms with Gasteiger partial charge in [-0.05, 0) is 32.0 Å². The van der Waals surface area contributed by atoms with Gasteiger partial charge in [0.1, 0.15) is 41.8 Å². The Balaban J connectivity index is 1.35. The zero-order valence-corrected chi connectivity index (χ0v) is 22.6. The van der Waals surface area contributed by atoms with E-state index in [1.807, 2.05) is 0 Å². The topological polar surface area (TPSA) is 121 Å². The predicted molar refractivity (Wildman–Crippen MR) is 143 cm³/mol. The van der Waals surface area contributed by atoms with Crippen LogP contribution in [0.2, 0.25) is 5.02 Å². The number of aromatic nitrogens is 4.